The van der Waals surface area contributed by atoms with E-state index >= 15 is 0 Å². The quantitative estimate of drug-likeness (QED) is 0.701. The average molecular weight is 254 g/mol. The molecule has 0 aromatic heterocycles. The van der Waals surface area contributed by atoms with E-state index in [0.29, 0.717) is 19.2 Å². The summed E-state index contributed by atoms with van der Waals surface area (Å²) in [6.07, 6.45) is 5.26. The molecule has 1 aliphatic rings. The molecule has 1 atom stereocenters. The summed E-state index contributed by atoms with van der Waals surface area (Å²) in [6, 6.07) is 0.445. The van der Waals surface area contributed by atoms with Crippen LogP contribution in [0.1, 0.15) is 33.1 Å². The minimum absolute atomic E-state index is 0.141. The maximum atomic E-state index is 12.3. The van der Waals surface area contributed by atoms with Crippen molar-refractivity contribution in [1.29, 1.82) is 0 Å². The third-order valence-electron chi connectivity index (χ3n) is 3.30. The van der Waals surface area contributed by atoms with Crippen molar-refractivity contribution in [3.05, 3.63) is 11.6 Å². The minimum Gasteiger partial charge on any atom is -0.383 e. The molecule has 1 amide bonds. The Morgan fingerprint density at radius 2 is 2.33 bits per heavy atom. The fraction of sp³-hybridized carbons (Fsp3) is 0.786. The van der Waals surface area contributed by atoms with Crippen molar-refractivity contribution in [2.75, 3.05) is 33.4 Å². The summed E-state index contributed by atoms with van der Waals surface area (Å²) in [6.45, 7) is 7.07. The van der Waals surface area contributed by atoms with Crippen LogP contribution in [0.2, 0.25) is 0 Å². The van der Waals surface area contributed by atoms with E-state index in [1.54, 1.807) is 7.11 Å². The molecule has 4 nitrogen and oxygen atoms in total. The van der Waals surface area contributed by atoms with Gasteiger partial charge in [-0.2, -0.15) is 0 Å². The van der Waals surface area contributed by atoms with Crippen LogP contribution in [0.4, 0.5) is 0 Å². The van der Waals surface area contributed by atoms with E-state index in [0.717, 1.165) is 31.5 Å². The number of nitrogens with one attached hydrogen (secondary N) is 1. The first-order valence-electron chi connectivity index (χ1n) is 6.87. The van der Waals surface area contributed by atoms with Gasteiger partial charge >= 0.3 is 0 Å². The van der Waals surface area contributed by atoms with Crippen LogP contribution in [-0.2, 0) is 9.53 Å². The lowest BCUT2D eigenvalue weighted by Gasteiger charge is -2.26. The largest absolute Gasteiger partial charge is 0.383 e. The van der Waals surface area contributed by atoms with Crippen LogP contribution in [-0.4, -0.2) is 50.2 Å². The lowest BCUT2D eigenvalue weighted by atomic mass is 10.1. The van der Waals surface area contributed by atoms with Crippen molar-refractivity contribution in [2.24, 2.45) is 0 Å². The number of ether oxygens (including phenoxy) is 1. The topological polar surface area (TPSA) is 41.6 Å². The van der Waals surface area contributed by atoms with Gasteiger partial charge in [0, 0.05) is 31.8 Å². The Labute approximate surface area is 110 Å². The van der Waals surface area contributed by atoms with E-state index < -0.39 is 0 Å². The number of allylic oxidation sites excluding steroid dienone is 1. The van der Waals surface area contributed by atoms with Crippen LogP contribution >= 0.6 is 0 Å². The zero-order valence-corrected chi connectivity index (χ0v) is 11.9. The molecule has 0 saturated carbocycles. The van der Waals surface area contributed by atoms with Crippen LogP contribution in [0.5, 0.6) is 0 Å². The highest BCUT2D eigenvalue weighted by Gasteiger charge is 2.21. The van der Waals surface area contributed by atoms with Crippen LogP contribution < -0.4 is 5.32 Å². The summed E-state index contributed by atoms with van der Waals surface area (Å²) < 4.78 is 5.09. The fourth-order valence-electron chi connectivity index (χ4n) is 2.30. The van der Waals surface area contributed by atoms with Gasteiger partial charge in [-0.25, -0.2) is 0 Å². The number of hydrogen-bond donors (Lipinski definition) is 1. The molecular weight excluding hydrogens is 228 g/mol. The van der Waals surface area contributed by atoms with E-state index in [2.05, 4.69) is 12.2 Å². The first-order chi connectivity index (χ1) is 8.69. The lowest BCUT2D eigenvalue weighted by molar-refractivity contribution is -0.128. The van der Waals surface area contributed by atoms with Crippen LogP contribution in [0, 0.1) is 0 Å². The predicted molar refractivity (Wildman–Crippen MR) is 73.5 cm³/mol. The molecule has 0 aromatic rings. The van der Waals surface area contributed by atoms with Gasteiger partial charge in [0.1, 0.15) is 0 Å². The molecule has 1 heterocycles. The Morgan fingerprint density at radius 3 is 2.89 bits per heavy atom. The number of methoxy groups -OCH3 is 1. The Kier molecular flexibility index (Phi) is 6.98. The number of rotatable bonds is 7. The van der Waals surface area contributed by atoms with Gasteiger partial charge in [-0.3, -0.25) is 4.79 Å². The monoisotopic (exact) mass is 254 g/mol. The molecule has 0 aliphatic carbocycles. The van der Waals surface area contributed by atoms with Gasteiger partial charge in [-0.1, -0.05) is 13.0 Å². The maximum absolute atomic E-state index is 12.3. The zero-order valence-electron chi connectivity index (χ0n) is 11.9. The smallest absolute Gasteiger partial charge is 0.249 e. The van der Waals surface area contributed by atoms with E-state index in [-0.39, 0.29) is 5.91 Å². The van der Waals surface area contributed by atoms with E-state index in [1.807, 2.05) is 17.9 Å². The average Bonchev–Trinajstić information content (AvgIpc) is 2.86. The maximum Gasteiger partial charge on any atom is 0.249 e. The van der Waals surface area contributed by atoms with E-state index in [4.69, 9.17) is 4.74 Å². The second kappa shape index (κ2) is 8.27. The van der Waals surface area contributed by atoms with Gasteiger partial charge in [0.25, 0.3) is 0 Å². The van der Waals surface area contributed by atoms with Gasteiger partial charge < -0.3 is 15.0 Å². The highest BCUT2D eigenvalue weighted by molar-refractivity contribution is 5.92. The molecule has 0 radical (unpaired) electrons. The molecule has 1 saturated heterocycles. The Hall–Kier alpha value is -0.870. The normalized spacial score (nSPS) is 20.2. The zero-order chi connectivity index (χ0) is 13.4. The molecule has 0 aromatic carbocycles. The molecule has 1 unspecified atom stereocenters. The Balaban J connectivity index is 2.57. The number of hydrogen-bond acceptors (Lipinski definition) is 3. The predicted octanol–water partition coefficient (Wildman–Crippen LogP) is 1.57. The van der Waals surface area contributed by atoms with Gasteiger partial charge in [0.05, 0.1) is 6.61 Å². The lowest BCUT2D eigenvalue weighted by Crippen LogP contribution is -2.43. The Bertz CT molecular complexity index is 284. The number of carbonyl (C=O) groups excluding carboxylic acids is 1. The second-order valence-corrected chi connectivity index (χ2v) is 4.83. The van der Waals surface area contributed by atoms with Gasteiger partial charge in [-0.15, -0.1) is 0 Å². The minimum atomic E-state index is 0.141. The summed E-state index contributed by atoms with van der Waals surface area (Å²) in [5.41, 5.74) is 0.839. The first-order valence-corrected chi connectivity index (χ1v) is 6.87. The Morgan fingerprint density at radius 1 is 1.56 bits per heavy atom. The third kappa shape index (κ3) is 4.78. The molecule has 1 aliphatic heterocycles. The first kappa shape index (κ1) is 15.2. The van der Waals surface area contributed by atoms with Crippen molar-refractivity contribution in [3.63, 3.8) is 0 Å². The molecular formula is C14H26N2O2. The molecule has 0 spiro atoms. The van der Waals surface area contributed by atoms with Gasteiger partial charge in [0.2, 0.25) is 5.91 Å². The fourth-order valence-corrected chi connectivity index (χ4v) is 2.30. The molecule has 4 heteroatoms. The molecule has 1 fully saturated rings. The van der Waals surface area contributed by atoms with E-state index in [9.17, 15) is 4.79 Å². The highest BCUT2D eigenvalue weighted by atomic mass is 16.5. The summed E-state index contributed by atoms with van der Waals surface area (Å²) in [4.78, 5) is 14.2. The van der Waals surface area contributed by atoms with Crippen molar-refractivity contribution >= 4 is 5.91 Å². The van der Waals surface area contributed by atoms with Crippen LogP contribution in [0.3, 0.4) is 0 Å². The van der Waals surface area contributed by atoms with Crippen LogP contribution in [0.25, 0.3) is 0 Å². The number of carbonyl (C=O) groups is 1. The standard InChI is InChI=1S/C14H26N2O2/c1-4-6-12(2)14(17)16(9-10-18-3)11-13-7-5-8-15-13/h6,13,15H,4-5,7-11H2,1-3H3/b12-6-. The summed E-state index contributed by atoms with van der Waals surface area (Å²) >= 11 is 0. The van der Waals surface area contributed by atoms with Crippen molar-refractivity contribution in [3.8, 4) is 0 Å². The van der Waals surface area contributed by atoms with Crippen LogP contribution in [0.15, 0.2) is 11.6 Å². The van der Waals surface area contributed by atoms with Gasteiger partial charge in [0.15, 0.2) is 0 Å². The van der Waals surface area contributed by atoms with Gasteiger partial charge in [-0.05, 0) is 32.7 Å². The number of nitrogens with zero attached hydrogens (tertiary/aromatic N) is 1. The van der Waals surface area contributed by atoms with Crippen molar-refractivity contribution in [1.82, 2.24) is 10.2 Å². The van der Waals surface area contributed by atoms with Crippen molar-refractivity contribution in [2.45, 2.75) is 39.2 Å². The second-order valence-electron chi connectivity index (χ2n) is 4.83. The molecule has 104 valence electrons. The molecule has 0 bridgehead atoms. The van der Waals surface area contributed by atoms with Crippen molar-refractivity contribution < 1.29 is 9.53 Å². The molecule has 1 rings (SSSR count). The number of amides is 1. The third-order valence-corrected chi connectivity index (χ3v) is 3.30. The summed E-state index contributed by atoms with van der Waals surface area (Å²) in [5.74, 6) is 0.141. The summed E-state index contributed by atoms with van der Waals surface area (Å²) in [5, 5.41) is 3.44. The summed E-state index contributed by atoms with van der Waals surface area (Å²) in [7, 11) is 1.67. The molecule has 1 N–H and O–H groups in total. The SMILES string of the molecule is CC/C=C(/C)C(=O)N(CCOC)CC1CCCN1. The van der Waals surface area contributed by atoms with E-state index in [1.165, 1.54) is 6.42 Å². The molecule has 18 heavy (non-hydrogen) atoms. The highest BCUT2D eigenvalue weighted by Crippen LogP contribution is 2.10.